The van der Waals surface area contributed by atoms with Crippen LogP contribution in [0.2, 0.25) is 5.02 Å². The van der Waals surface area contributed by atoms with Crippen molar-refractivity contribution in [2.45, 2.75) is 41.9 Å². The van der Waals surface area contributed by atoms with E-state index in [1.807, 2.05) is 0 Å². The van der Waals surface area contributed by atoms with Crippen LogP contribution in [0.15, 0.2) is 53.4 Å². The minimum absolute atomic E-state index is 0.109. The summed E-state index contributed by atoms with van der Waals surface area (Å²) < 4.78 is 38.4. The van der Waals surface area contributed by atoms with Crippen LogP contribution >= 0.6 is 11.6 Å². The van der Waals surface area contributed by atoms with Crippen molar-refractivity contribution in [3.05, 3.63) is 64.9 Å². The molecule has 1 amide bonds. The molecule has 1 aliphatic carbocycles. The summed E-state index contributed by atoms with van der Waals surface area (Å²) in [7, 11) is -2.28. The number of benzene rings is 2. The molecule has 27 heavy (non-hydrogen) atoms. The van der Waals surface area contributed by atoms with Crippen molar-refractivity contribution in [3.63, 3.8) is 0 Å². The maximum Gasteiger partial charge on any atom is 0.244 e. The molecule has 0 N–H and O–H groups in total. The summed E-state index contributed by atoms with van der Waals surface area (Å²) in [6, 6.07) is 11.8. The summed E-state index contributed by atoms with van der Waals surface area (Å²) in [4.78, 5) is 14.8. The number of hydrogen-bond acceptors (Lipinski definition) is 3. The molecule has 3 rings (SSSR count). The van der Waals surface area contributed by atoms with E-state index in [1.165, 1.54) is 41.3 Å². The molecule has 1 fully saturated rings. The van der Waals surface area contributed by atoms with E-state index in [-0.39, 0.29) is 17.3 Å². The van der Waals surface area contributed by atoms with Gasteiger partial charge in [0.25, 0.3) is 0 Å². The van der Waals surface area contributed by atoms with Gasteiger partial charge >= 0.3 is 0 Å². The second-order valence-electron chi connectivity index (χ2n) is 6.95. The molecule has 0 aliphatic heterocycles. The lowest BCUT2D eigenvalue weighted by atomic mass is 10.1. The summed E-state index contributed by atoms with van der Waals surface area (Å²) in [6.45, 7) is 0.219. The molecule has 2 aromatic rings. The zero-order valence-corrected chi connectivity index (χ0v) is 16.6. The summed E-state index contributed by atoms with van der Waals surface area (Å²) in [5, 5.41) is 0.439. The third-order valence-corrected chi connectivity index (χ3v) is 7.88. The maximum absolute atomic E-state index is 13.4. The summed E-state index contributed by atoms with van der Waals surface area (Å²) in [5.41, 5.74) is 0.740. The van der Waals surface area contributed by atoms with E-state index in [0.717, 1.165) is 5.56 Å². The predicted molar refractivity (Wildman–Crippen MR) is 103 cm³/mol. The van der Waals surface area contributed by atoms with Gasteiger partial charge < -0.3 is 4.90 Å². The smallest absolute Gasteiger partial charge is 0.244 e. The van der Waals surface area contributed by atoms with E-state index in [4.69, 9.17) is 11.6 Å². The number of rotatable bonds is 5. The third kappa shape index (κ3) is 3.73. The Hall–Kier alpha value is -1.92. The first kappa shape index (κ1) is 19.8. The van der Waals surface area contributed by atoms with Gasteiger partial charge in [0.05, 0.1) is 4.90 Å². The molecule has 4 nitrogen and oxygen atoms in total. The SMILES string of the molecule is CN(Cc1ccc(F)cc1)C(=O)C1(S(=O)(=O)c2ccc(Cl)cc2)CCCC1. The van der Waals surface area contributed by atoms with Gasteiger partial charge in [0.2, 0.25) is 5.91 Å². The summed E-state index contributed by atoms with van der Waals surface area (Å²) in [6.07, 6.45) is 1.96. The largest absolute Gasteiger partial charge is 0.340 e. The maximum atomic E-state index is 13.4. The van der Waals surface area contributed by atoms with E-state index in [1.54, 1.807) is 19.2 Å². The third-order valence-electron chi connectivity index (χ3n) is 5.12. The normalized spacial score (nSPS) is 16.3. The molecular weight excluding hydrogens is 389 g/mol. The average molecular weight is 410 g/mol. The van der Waals surface area contributed by atoms with Crippen LogP contribution in [0.25, 0.3) is 0 Å². The predicted octanol–water partition coefficient (Wildman–Crippen LogP) is 4.22. The van der Waals surface area contributed by atoms with Crippen molar-refractivity contribution in [2.24, 2.45) is 0 Å². The number of halogens is 2. The van der Waals surface area contributed by atoms with Crippen molar-refractivity contribution in [1.82, 2.24) is 4.90 Å². The van der Waals surface area contributed by atoms with E-state index >= 15 is 0 Å². The van der Waals surface area contributed by atoms with Crippen LogP contribution in [0.4, 0.5) is 4.39 Å². The number of amides is 1. The van der Waals surface area contributed by atoms with Crippen LogP contribution in [-0.2, 0) is 21.2 Å². The molecule has 1 saturated carbocycles. The Balaban J connectivity index is 1.92. The van der Waals surface area contributed by atoms with E-state index in [0.29, 0.717) is 30.7 Å². The fourth-order valence-electron chi connectivity index (χ4n) is 3.67. The molecule has 1 aliphatic rings. The molecular formula is C20H21ClFNO3S. The number of sulfone groups is 1. The Morgan fingerprint density at radius 1 is 1.07 bits per heavy atom. The Morgan fingerprint density at radius 3 is 2.19 bits per heavy atom. The molecule has 0 heterocycles. The second kappa shape index (κ2) is 7.60. The zero-order chi connectivity index (χ0) is 19.7. The van der Waals surface area contributed by atoms with Gasteiger partial charge in [0, 0.05) is 18.6 Å². The van der Waals surface area contributed by atoms with Crippen molar-refractivity contribution in [2.75, 3.05) is 7.05 Å². The van der Waals surface area contributed by atoms with Gasteiger partial charge in [-0.3, -0.25) is 4.79 Å². The highest BCUT2D eigenvalue weighted by atomic mass is 35.5. The molecule has 0 unspecified atom stereocenters. The van der Waals surface area contributed by atoms with Crippen molar-refractivity contribution >= 4 is 27.3 Å². The second-order valence-corrected chi connectivity index (χ2v) is 9.64. The standard InChI is InChI=1S/C20H21ClFNO3S/c1-23(14-15-4-8-17(22)9-5-15)19(24)20(12-2-3-13-20)27(25,26)18-10-6-16(21)7-11-18/h4-11H,2-3,12-14H2,1H3. The van der Waals surface area contributed by atoms with Gasteiger partial charge in [-0.05, 0) is 54.8 Å². The molecule has 7 heteroatoms. The van der Waals surface area contributed by atoms with Crippen LogP contribution in [0, 0.1) is 5.82 Å². The van der Waals surface area contributed by atoms with Crippen LogP contribution in [0.5, 0.6) is 0 Å². The lowest BCUT2D eigenvalue weighted by Gasteiger charge is -2.32. The molecule has 0 aromatic heterocycles. The first-order chi connectivity index (χ1) is 12.8. The average Bonchev–Trinajstić information content (AvgIpc) is 3.15. The highest BCUT2D eigenvalue weighted by Gasteiger charge is 2.53. The summed E-state index contributed by atoms with van der Waals surface area (Å²) >= 11 is 5.87. The van der Waals surface area contributed by atoms with E-state index < -0.39 is 20.5 Å². The molecule has 0 atom stereocenters. The van der Waals surface area contributed by atoms with Crippen LogP contribution in [0.1, 0.15) is 31.2 Å². The zero-order valence-electron chi connectivity index (χ0n) is 15.0. The number of nitrogens with zero attached hydrogens (tertiary/aromatic N) is 1. The van der Waals surface area contributed by atoms with Gasteiger partial charge in [-0.1, -0.05) is 36.6 Å². The lowest BCUT2D eigenvalue weighted by Crippen LogP contribution is -2.50. The Kier molecular flexibility index (Phi) is 5.58. The molecule has 144 valence electrons. The molecule has 0 spiro atoms. The van der Waals surface area contributed by atoms with Crippen LogP contribution in [-0.4, -0.2) is 31.0 Å². The minimum atomic E-state index is -3.87. The molecule has 0 saturated heterocycles. The van der Waals surface area contributed by atoms with Gasteiger partial charge in [-0.25, -0.2) is 12.8 Å². The van der Waals surface area contributed by atoms with E-state index in [9.17, 15) is 17.6 Å². The van der Waals surface area contributed by atoms with Crippen LogP contribution < -0.4 is 0 Å². The Morgan fingerprint density at radius 2 is 1.63 bits per heavy atom. The number of carbonyl (C=O) groups is 1. The van der Waals surface area contributed by atoms with Gasteiger partial charge in [-0.15, -0.1) is 0 Å². The highest BCUT2D eigenvalue weighted by Crippen LogP contribution is 2.42. The minimum Gasteiger partial charge on any atom is -0.340 e. The number of carbonyl (C=O) groups excluding carboxylic acids is 1. The highest BCUT2D eigenvalue weighted by molar-refractivity contribution is 7.93. The van der Waals surface area contributed by atoms with E-state index in [2.05, 4.69) is 0 Å². The first-order valence-electron chi connectivity index (χ1n) is 8.76. The van der Waals surface area contributed by atoms with Crippen molar-refractivity contribution in [3.8, 4) is 0 Å². The van der Waals surface area contributed by atoms with Crippen LogP contribution in [0.3, 0.4) is 0 Å². The van der Waals surface area contributed by atoms with Crippen molar-refractivity contribution in [1.29, 1.82) is 0 Å². The monoisotopic (exact) mass is 409 g/mol. The molecule has 0 bridgehead atoms. The quantitative estimate of drug-likeness (QED) is 0.742. The fourth-order valence-corrected chi connectivity index (χ4v) is 5.95. The first-order valence-corrected chi connectivity index (χ1v) is 10.6. The Bertz CT molecular complexity index is 921. The molecule has 0 radical (unpaired) electrons. The molecule has 2 aromatic carbocycles. The fraction of sp³-hybridized carbons (Fsp3) is 0.350. The topological polar surface area (TPSA) is 54.5 Å². The number of hydrogen-bond donors (Lipinski definition) is 0. The van der Waals surface area contributed by atoms with Gasteiger partial charge in [-0.2, -0.15) is 0 Å². The van der Waals surface area contributed by atoms with Crippen molar-refractivity contribution < 1.29 is 17.6 Å². The summed E-state index contributed by atoms with van der Waals surface area (Å²) in [5.74, 6) is -0.774. The van der Waals surface area contributed by atoms with Gasteiger partial charge in [0.1, 0.15) is 5.82 Å². The Labute approximate surface area is 163 Å². The van der Waals surface area contributed by atoms with Gasteiger partial charge in [0.15, 0.2) is 14.6 Å². The lowest BCUT2D eigenvalue weighted by molar-refractivity contribution is -0.133.